The molecule has 0 aliphatic carbocycles. The Hall–Kier alpha value is -2.17. The lowest BCUT2D eigenvalue weighted by atomic mass is 10.0. The topological polar surface area (TPSA) is 77.3 Å². The standard InChI is InChI=1S/C17H20N4O2S/c1-12-4-5-13(2)16-15(12)10-14(11-18)17(19-16)20-6-8-21(9-7-20)24(3,22)23/h4-5,10H,6-9H2,1-3H3. The molecule has 0 N–H and O–H groups in total. The zero-order valence-corrected chi connectivity index (χ0v) is 14.9. The predicted molar refractivity (Wildman–Crippen MR) is 94.6 cm³/mol. The highest BCUT2D eigenvalue weighted by molar-refractivity contribution is 7.88. The van der Waals surface area contributed by atoms with E-state index >= 15 is 0 Å². The van der Waals surface area contributed by atoms with Gasteiger partial charge in [0.2, 0.25) is 10.0 Å². The number of pyridine rings is 1. The van der Waals surface area contributed by atoms with Gasteiger partial charge in [0.05, 0.1) is 17.3 Å². The number of rotatable bonds is 2. The third kappa shape index (κ3) is 2.95. The molecule has 0 bridgehead atoms. The van der Waals surface area contributed by atoms with Crippen LogP contribution in [0.4, 0.5) is 5.82 Å². The Balaban J connectivity index is 2.01. The fourth-order valence-electron chi connectivity index (χ4n) is 3.08. The zero-order valence-electron chi connectivity index (χ0n) is 14.1. The summed E-state index contributed by atoms with van der Waals surface area (Å²) >= 11 is 0. The smallest absolute Gasteiger partial charge is 0.211 e. The average Bonchev–Trinajstić information content (AvgIpc) is 2.56. The second-order valence-corrected chi connectivity index (χ2v) is 8.20. The van der Waals surface area contributed by atoms with Crippen molar-refractivity contribution in [2.24, 2.45) is 0 Å². The Kier molecular flexibility index (Phi) is 4.20. The van der Waals surface area contributed by atoms with Crippen LogP contribution in [0, 0.1) is 25.2 Å². The number of aromatic nitrogens is 1. The van der Waals surface area contributed by atoms with Gasteiger partial charge in [0.25, 0.3) is 0 Å². The molecule has 1 fully saturated rings. The first-order valence-corrected chi connectivity index (χ1v) is 9.67. The van der Waals surface area contributed by atoms with E-state index in [0.29, 0.717) is 37.6 Å². The molecule has 1 aliphatic heterocycles. The van der Waals surface area contributed by atoms with E-state index in [0.717, 1.165) is 22.0 Å². The Labute approximate surface area is 142 Å². The maximum absolute atomic E-state index is 11.6. The number of sulfonamides is 1. The SMILES string of the molecule is Cc1ccc(C)c2nc(N3CCN(S(C)(=O)=O)CC3)c(C#N)cc12. The summed E-state index contributed by atoms with van der Waals surface area (Å²) in [5.74, 6) is 0.645. The van der Waals surface area contributed by atoms with Crippen molar-refractivity contribution in [1.82, 2.24) is 9.29 Å². The summed E-state index contributed by atoms with van der Waals surface area (Å²) < 4.78 is 24.8. The van der Waals surface area contributed by atoms with Gasteiger partial charge in [-0.3, -0.25) is 0 Å². The van der Waals surface area contributed by atoms with Crippen LogP contribution in [0.15, 0.2) is 18.2 Å². The number of anilines is 1. The number of fused-ring (bicyclic) bond motifs is 1. The molecule has 0 amide bonds. The van der Waals surface area contributed by atoms with Gasteiger partial charge in [0.15, 0.2) is 0 Å². The van der Waals surface area contributed by atoms with Crippen LogP contribution < -0.4 is 4.90 Å². The van der Waals surface area contributed by atoms with E-state index in [4.69, 9.17) is 4.98 Å². The molecule has 1 aromatic carbocycles. The third-order valence-electron chi connectivity index (χ3n) is 4.51. The molecule has 2 heterocycles. The Morgan fingerprint density at radius 3 is 2.33 bits per heavy atom. The summed E-state index contributed by atoms with van der Waals surface area (Å²) in [5.41, 5.74) is 3.59. The van der Waals surface area contributed by atoms with Crippen molar-refractivity contribution in [2.75, 3.05) is 37.3 Å². The van der Waals surface area contributed by atoms with Gasteiger partial charge in [-0.2, -0.15) is 9.57 Å². The predicted octanol–water partition coefficient (Wildman–Crippen LogP) is 1.80. The van der Waals surface area contributed by atoms with Crippen molar-refractivity contribution in [3.8, 4) is 6.07 Å². The largest absolute Gasteiger partial charge is 0.353 e. The Morgan fingerprint density at radius 1 is 1.12 bits per heavy atom. The molecule has 1 aliphatic rings. The number of nitrogens with zero attached hydrogens (tertiary/aromatic N) is 4. The normalized spacial score (nSPS) is 16.3. The summed E-state index contributed by atoms with van der Waals surface area (Å²) in [6.07, 6.45) is 1.23. The van der Waals surface area contributed by atoms with Crippen molar-refractivity contribution >= 4 is 26.7 Å². The minimum atomic E-state index is -3.17. The van der Waals surface area contributed by atoms with Gasteiger partial charge in [-0.15, -0.1) is 0 Å². The second-order valence-electron chi connectivity index (χ2n) is 6.22. The van der Waals surface area contributed by atoms with Gasteiger partial charge in [-0.25, -0.2) is 13.4 Å². The van der Waals surface area contributed by atoms with E-state index < -0.39 is 10.0 Å². The number of aryl methyl sites for hydroxylation is 2. The molecule has 126 valence electrons. The molecule has 1 aromatic heterocycles. The highest BCUT2D eigenvalue weighted by Crippen LogP contribution is 2.28. The fraction of sp³-hybridized carbons (Fsp3) is 0.412. The molecule has 3 rings (SSSR count). The number of hydrogen-bond acceptors (Lipinski definition) is 5. The van der Waals surface area contributed by atoms with Gasteiger partial charge in [-0.05, 0) is 31.0 Å². The van der Waals surface area contributed by atoms with Gasteiger partial charge in [-0.1, -0.05) is 12.1 Å². The molecule has 0 radical (unpaired) electrons. The van der Waals surface area contributed by atoms with Crippen LogP contribution in [-0.2, 0) is 10.0 Å². The molecule has 1 saturated heterocycles. The number of nitriles is 1. The molecular weight excluding hydrogens is 324 g/mol. The molecule has 24 heavy (non-hydrogen) atoms. The summed E-state index contributed by atoms with van der Waals surface area (Å²) in [6.45, 7) is 5.91. The Morgan fingerprint density at radius 2 is 1.75 bits per heavy atom. The molecular formula is C17H20N4O2S. The van der Waals surface area contributed by atoms with Crippen LogP contribution in [0.5, 0.6) is 0 Å². The number of hydrogen-bond donors (Lipinski definition) is 0. The molecule has 2 aromatic rings. The minimum absolute atomic E-state index is 0.413. The van der Waals surface area contributed by atoms with Crippen molar-refractivity contribution in [3.63, 3.8) is 0 Å². The summed E-state index contributed by atoms with van der Waals surface area (Å²) in [7, 11) is -3.17. The molecule has 6 nitrogen and oxygen atoms in total. The monoisotopic (exact) mass is 344 g/mol. The van der Waals surface area contributed by atoms with Crippen LogP contribution in [0.1, 0.15) is 16.7 Å². The summed E-state index contributed by atoms with van der Waals surface area (Å²) in [5, 5.41) is 10.5. The molecule has 0 unspecified atom stereocenters. The fourth-order valence-corrected chi connectivity index (χ4v) is 3.90. The second kappa shape index (κ2) is 6.04. The van der Waals surface area contributed by atoms with Crippen LogP contribution in [0.3, 0.4) is 0 Å². The molecule has 7 heteroatoms. The summed E-state index contributed by atoms with van der Waals surface area (Å²) in [4.78, 5) is 6.75. The highest BCUT2D eigenvalue weighted by Gasteiger charge is 2.25. The first-order chi connectivity index (χ1) is 11.3. The lowest BCUT2D eigenvalue weighted by Crippen LogP contribution is -2.48. The lowest BCUT2D eigenvalue weighted by molar-refractivity contribution is 0.387. The molecule has 0 spiro atoms. The van der Waals surface area contributed by atoms with E-state index in [1.165, 1.54) is 10.6 Å². The van der Waals surface area contributed by atoms with E-state index in [9.17, 15) is 13.7 Å². The third-order valence-corrected chi connectivity index (χ3v) is 5.81. The van der Waals surface area contributed by atoms with Gasteiger partial charge >= 0.3 is 0 Å². The lowest BCUT2D eigenvalue weighted by Gasteiger charge is -2.34. The number of benzene rings is 1. The first kappa shape index (κ1) is 16.7. The van der Waals surface area contributed by atoms with Crippen LogP contribution >= 0.6 is 0 Å². The maximum atomic E-state index is 11.6. The van der Waals surface area contributed by atoms with E-state index in [2.05, 4.69) is 6.07 Å². The van der Waals surface area contributed by atoms with Crippen molar-refractivity contribution in [3.05, 3.63) is 34.9 Å². The van der Waals surface area contributed by atoms with Crippen LogP contribution in [0.2, 0.25) is 0 Å². The van der Waals surface area contributed by atoms with Crippen molar-refractivity contribution in [1.29, 1.82) is 5.26 Å². The molecule has 0 atom stereocenters. The van der Waals surface area contributed by atoms with E-state index in [1.54, 1.807) is 0 Å². The van der Waals surface area contributed by atoms with Gasteiger partial charge < -0.3 is 4.90 Å². The van der Waals surface area contributed by atoms with E-state index in [1.807, 2.05) is 36.9 Å². The van der Waals surface area contributed by atoms with E-state index in [-0.39, 0.29) is 0 Å². The maximum Gasteiger partial charge on any atom is 0.211 e. The number of piperazine rings is 1. The Bertz CT molecular complexity index is 939. The van der Waals surface area contributed by atoms with Crippen molar-refractivity contribution in [2.45, 2.75) is 13.8 Å². The zero-order chi connectivity index (χ0) is 17.5. The first-order valence-electron chi connectivity index (χ1n) is 7.82. The van der Waals surface area contributed by atoms with Gasteiger partial charge in [0.1, 0.15) is 11.9 Å². The highest BCUT2D eigenvalue weighted by atomic mass is 32.2. The van der Waals surface area contributed by atoms with Crippen LogP contribution in [-0.4, -0.2) is 50.1 Å². The quantitative estimate of drug-likeness (QED) is 0.830. The van der Waals surface area contributed by atoms with Crippen molar-refractivity contribution < 1.29 is 8.42 Å². The summed E-state index contributed by atoms with van der Waals surface area (Å²) in [6, 6.07) is 8.19. The minimum Gasteiger partial charge on any atom is -0.353 e. The molecule has 0 saturated carbocycles. The van der Waals surface area contributed by atoms with Crippen LogP contribution in [0.25, 0.3) is 10.9 Å². The van der Waals surface area contributed by atoms with Gasteiger partial charge in [0, 0.05) is 31.6 Å². The average molecular weight is 344 g/mol.